The van der Waals surface area contributed by atoms with Crippen LogP contribution in [0.25, 0.3) is 0 Å². The van der Waals surface area contributed by atoms with Crippen LogP contribution in [0.4, 0.5) is 27.5 Å². The first kappa shape index (κ1) is 15.2. The van der Waals surface area contributed by atoms with Crippen LogP contribution >= 0.6 is 11.6 Å². The largest absolute Gasteiger partial charge is 0.339 e. The molecule has 0 saturated carbocycles. The lowest BCUT2D eigenvalue weighted by atomic mass is 10.2. The van der Waals surface area contributed by atoms with Gasteiger partial charge in [-0.25, -0.2) is 4.39 Å². The molecule has 2 aromatic carbocycles. The zero-order valence-electron chi connectivity index (χ0n) is 12.2. The third-order valence-electron chi connectivity index (χ3n) is 3.11. The first-order valence-corrected chi connectivity index (χ1v) is 7.23. The van der Waals surface area contributed by atoms with E-state index in [-0.39, 0.29) is 5.82 Å². The van der Waals surface area contributed by atoms with Crippen molar-refractivity contribution < 1.29 is 4.39 Å². The first-order chi connectivity index (χ1) is 11.1. The zero-order chi connectivity index (χ0) is 16.2. The van der Waals surface area contributed by atoms with Crippen LogP contribution in [0.15, 0.2) is 48.7 Å². The molecule has 0 amide bonds. The Labute approximate surface area is 137 Å². The quantitative estimate of drug-likeness (QED) is 0.740. The van der Waals surface area contributed by atoms with E-state index in [9.17, 15) is 4.39 Å². The number of nitrogens with one attached hydrogen (secondary N) is 2. The highest BCUT2D eigenvalue weighted by Gasteiger charge is 2.04. The number of hydrogen-bond donors (Lipinski definition) is 2. The Bertz CT molecular complexity index is 823. The normalized spacial score (nSPS) is 10.4. The van der Waals surface area contributed by atoms with Gasteiger partial charge in [0.2, 0.25) is 5.95 Å². The van der Waals surface area contributed by atoms with Crippen molar-refractivity contribution in [3.63, 3.8) is 0 Å². The average Bonchev–Trinajstić information content (AvgIpc) is 2.53. The number of aromatic nitrogens is 3. The van der Waals surface area contributed by atoms with Gasteiger partial charge in [0.15, 0.2) is 5.82 Å². The second kappa shape index (κ2) is 6.58. The van der Waals surface area contributed by atoms with Crippen LogP contribution in [0.1, 0.15) is 5.56 Å². The van der Waals surface area contributed by atoms with Crippen molar-refractivity contribution in [2.75, 3.05) is 10.6 Å². The summed E-state index contributed by atoms with van der Waals surface area (Å²) in [6.07, 6.45) is 1.52. The third-order valence-corrected chi connectivity index (χ3v) is 3.35. The summed E-state index contributed by atoms with van der Waals surface area (Å²) in [5, 5.41) is 14.6. The molecule has 5 nitrogen and oxygen atoms in total. The third kappa shape index (κ3) is 3.92. The predicted octanol–water partition coefficient (Wildman–Crippen LogP) is 4.46. The molecule has 0 bridgehead atoms. The molecule has 0 atom stereocenters. The van der Waals surface area contributed by atoms with Crippen molar-refractivity contribution in [2.24, 2.45) is 0 Å². The van der Waals surface area contributed by atoms with Gasteiger partial charge in [0.05, 0.1) is 6.20 Å². The molecule has 0 aliphatic carbocycles. The Balaban J connectivity index is 1.78. The highest BCUT2D eigenvalue weighted by atomic mass is 35.5. The molecule has 1 heterocycles. The van der Waals surface area contributed by atoms with Gasteiger partial charge in [-0.1, -0.05) is 11.6 Å². The van der Waals surface area contributed by atoms with E-state index < -0.39 is 0 Å². The molecule has 116 valence electrons. The molecule has 0 aliphatic rings. The van der Waals surface area contributed by atoms with E-state index in [1.165, 1.54) is 18.3 Å². The van der Waals surface area contributed by atoms with Crippen molar-refractivity contribution in [1.29, 1.82) is 0 Å². The fourth-order valence-corrected chi connectivity index (χ4v) is 2.21. The molecular formula is C16H13ClFN5. The molecule has 7 heteroatoms. The standard InChI is InChI=1S/C16H13ClFN5/c1-10-8-11(17)2-7-14(10)21-15-9-19-23-16(22-15)20-13-5-3-12(18)4-6-13/h2-9H,1H3,(H2,20,21,22,23). The second-order valence-electron chi connectivity index (χ2n) is 4.88. The van der Waals surface area contributed by atoms with Gasteiger partial charge in [0.1, 0.15) is 5.82 Å². The lowest BCUT2D eigenvalue weighted by Gasteiger charge is -2.10. The molecule has 0 saturated heterocycles. The van der Waals surface area contributed by atoms with E-state index in [4.69, 9.17) is 11.6 Å². The van der Waals surface area contributed by atoms with Gasteiger partial charge in [0, 0.05) is 16.4 Å². The molecule has 3 rings (SSSR count). The topological polar surface area (TPSA) is 62.7 Å². The summed E-state index contributed by atoms with van der Waals surface area (Å²) in [7, 11) is 0. The van der Waals surface area contributed by atoms with E-state index in [0.29, 0.717) is 22.5 Å². The maximum absolute atomic E-state index is 12.9. The fourth-order valence-electron chi connectivity index (χ4n) is 1.98. The van der Waals surface area contributed by atoms with Crippen molar-refractivity contribution >= 4 is 34.7 Å². The van der Waals surface area contributed by atoms with E-state index in [2.05, 4.69) is 25.8 Å². The molecule has 0 spiro atoms. The van der Waals surface area contributed by atoms with Crippen LogP contribution in [0.3, 0.4) is 0 Å². The summed E-state index contributed by atoms with van der Waals surface area (Å²) in [6, 6.07) is 11.4. The van der Waals surface area contributed by atoms with Gasteiger partial charge in [-0.15, -0.1) is 5.10 Å². The molecular weight excluding hydrogens is 317 g/mol. The maximum atomic E-state index is 12.9. The van der Waals surface area contributed by atoms with Crippen LogP contribution in [0, 0.1) is 12.7 Å². The number of aryl methyl sites for hydroxylation is 1. The van der Waals surface area contributed by atoms with Gasteiger partial charge in [-0.2, -0.15) is 10.1 Å². The molecule has 3 aromatic rings. The minimum absolute atomic E-state index is 0.303. The predicted molar refractivity (Wildman–Crippen MR) is 89.0 cm³/mol. The van der Waals surface area contributed by atoms with Crippen LogP contribution in [-0.2, 0) is 0 Å². The van der Waals surface area contributed by atoms with Gasteiger partial charge >= 0.3 is 0 Å². The number of anilines is 4. The van der Waals surface area contributed by atoms with Crippen molar-refractivity contribution in [3.8, 4) is 0 Å². The number of nitrogens with zero attached hydrogens (tertiary/aromatic N) is 3. The van der Waals surface area contributed by atoms with E-state index in [1.54, 1.807) is 18.2 Å². The minimum atomic E-state index is -0.303. The molecule has 0 fully saturated rings. The molecule has 23 heavy (non-hydrogen) atoms. The Morgan fingerprint density at radius 2 is 1.83 bits per heavy atom. The van der Waals surface area contributed by atoms with Gasteiger partial charge < -0.3 is 10.6 Å². The summed E-state index contributed by atoms with van der Waals surface area (Å²) in [4.78, 5) is 4.33. The Morgan fingerprint density at radius 1 is 1.04 bits per heavy atom. The lowest BCUT2D eigenvalue weighted by Crippen LogP contribution is -2.03. The van der Waals surface area contributed by atoms with Crippen LogP contribution in [0.5, 0.6) is 0 Å². The monoisotopic (exact) mass is 329 g/mol. The van der Waals surface area contributed by atoms with Gasteiger partial charge in [-0.3, -0.25) is 0 Å². The van der Waals surface area contributed by atoms with E-state index in [1.807, 2.05) is 19.1 Å². The number of benzene rings is 2. The van der Waals surface area contributed by atoms with Crippen LogP contribution in [0.2, 0.25) is 5.02 Å². The second-order valence-corrected chi connectivity index (χ2v) is 5.32. The van der Waals surface area contributed by atoms with Crippen LogP contribution < -0.4 is 10.6 Å². The minimum Gasteiger partial charge on any atom is -0.339 e. The Morgan fingerprint density at radius 3 is 2.57 bits per heavy atom. The fraction of sp³-hybridized carbons (Fsp3) is 0.0625. The average molecular weight is 330 g/mol. The van der Waals surface area contributed by atoms with Crippen molar-refractivity contribution in [1.82, 2.24) is 15.2 Å². The molecule has 1 aromatic heterocycles. The van der Waals surface area contributed by atoms with E-state index in [0.717, 1.165) is 11.3 Å². The molecule has 2 N–H and O–H groups in total. The zero-order valence-corrected chi connectivity index (χ0v) is 13.0. The maximum Gasteiger partial charge on any atom is 0.249 e. The lowest BCUT2D eigenvalue weighted by molar-refractivity contribution is 0.628. The summed E-state index contributed by atoms with van der Waals surface area (Å²) in [5.74, 6) is 0.548. The highest BCUT2D eigenvalue weighted by Crippen LogP contribution is 2.23. The van der Waals surface area contributed by atoms with E-state index >= 15 is 0 Å². The van der Waals surface area contributed by atoms with Gasteiger partial charge in [0.25, 0.3) is 0 Å². The van der Waals surface area contributed by atoms with Crippen molar-refractivity contribution in [2.45, 2.75) is 6.92 Å². The highest BCUT2D eigenvalue weighted by molar-refractivity contribution is 6.30. The molecule has 0 radical (unpaired) electrons. The number of halogens is 2. The summed E-state index contributed by atoms with van der Waals surface area (Å²) < 4.78 is 12.9. The summed E-state index contributed by atoms with van der Waals surface area (Å²) in [6.45, 7) is 1.94. The number of rotatable bonds is 4. The number of hydrogen-bond acceptors (Lipinski definition) is 5. The SMILES string of the molecule is Cc1cc(Cl)ccc1Nc1cnnc(Nc2ccc(F)cc2)n1. The molecule has 0 aliphatic heterocycles. The summed E-state index contributed by atoms with van der Waals surface area (Å²) in [5.41, 5.74) is 2.54. The van der Waals surface area contributed by atoms with Crippen LogP contribution in [-0.4, -0.2) is 15.2 Å². The van der Waals surface area contributed by atoms with Gasteiger partial charge in [-0.05, 0) is 55.0 Å². The smallest absolute Gasteiger partial charge is 0.249 e. The molecule has 0 unspecified atom stereocenters. The summed E-state index contributed by atoms with van der Waals surface area (Å²) >= 11 is 5.94. The van der Waals surface area contributed by atoms with Crippen molar-refractivity contribution in [3.05, 3.63) is 65.1 Å². The first-order valence-electron chi connectivity index (χ1n) is 6.86. The Kier molecular flexibility index (Phi) is 4.34. The Hall–Kier alpha value is -2.73.